The first-order valence-electron chi connectivity index (χ1n) is 11.1. The summed E-state index contributed by atoms with van der Waals surface area (Å²) in [6.07, 6.45) is 1.79. The smallest absolute Gasteiger partial charge is 0.310 e. The number of carbonyl (C=O) groups excluding carboxylic acids is 2. The molecule has 32 heavy (non-hydrogen) atoms. The lowest BCUT2D eigenvalue weighted by Gasteiger charge is -2.23. The number of hydrogen-bond acceptors (Lipinski definition) is 4. The number of hydrogen-bond donors (Lipinski definition) is 1. The van der Waals surface area contributed by atoms with Crippen LogP contribution in [0.1, 0.15) is 12.8 Å². The van der Waals surface area contributed by atoms with Crippen molar-refractivity contribution >= 4 is 17.6 Å². The third-order valence-corrected chi connectivity index (χ3v) is 7.10. The van der Waals surface area contributed by atoms with Gasteiger partial charge in [-0.2, -0.15) is 0 Å². The van der Waals surface area contributed by atoms with E-state index in [1.165, 1.54) is 0 Å². The first kappa shape index (κ1) is 19.1. The molecule has 2 saturated carbocycles. The second-order valence-electron chi connectivity index (χ2n) is 8.93. The molecule has 5 heteroatoms. The van der Waals surface area contributed by atoms with Crippen LogP contribution in [0.4, 0.5) is 5.69 Å². The summed E-state index contributed by atoms with van der Waals surface area (Å²) in [5.41, 5.74) is 3.00. The summed E-state index contributed by atoms with van der Waals surface area (Å²) in [7, 11) is 0. The Hall–Kier alpha value is -3.60. The minimum absolute atomic E-state index is 0.0414. The van der Waals surface area contributed by atoms with Crippen LogP contribution in [0.15, 0.2) is 78.9 Å². The minimum atomic E-state index is -0.273. The number of esters is 1. The van der Waals surface area contributed by atoms with E-state index >= 15 is 0 Å². The van der Waals surface area contributed by atoms with E-state index in [9.17, 15) is 9.59 Å². The zero-order valence-corrected chi connectivity index (χ0v) is 17.4. The molecule has 1 heterocycles. The van der Waals surface area contributed by atoms with E-state index in [2.05, 4.69) is 17.4 Å². The number of nitrogens with one attached hydrogen (secondary N) is 1. The summed E-state index contributed by atoms with van der Waals surface area (Å²) in [5.74, 6) is 1.11. The Labute approximate surface area is 186 Å². The van der Waals surface area contributed by atoms with E-state index in [-0.39, 0.29) is 41.7 Å². The average molecular weight is 425 g/mol. The fraction of sp³-hybridized carbons (Fsp3) is 0.259. The minimum Gasteiger partial charge on any atom is -0.462 e. The molecule has 1 saturated heterocycles. The van der Waals surface area contributed by atoms with Crippen LogP contribution in [-0.2, 0) is 14.3 Å². The fourth-order valence-electron chi connectivity index (χ4n) is 5.68. The zero-order chi connectivity index (χ0) is 21.7. The van der Waals surface area contributed by atoms with E-state index < -0.39 is 0 Å². The van der Waals surface area contributed by atoms with Crippen LogP contribution in [-0.4, -0.2) is 18.0 Å². The molecule has 0 aromatic heterocycles. The summed E-state index contributed by atoms with van der Waals surface area (Å²) in [4.78, 5) is 25.1. The molecule has 3 aliphatic rings. The number of rotatable bonds is 5. The van der Waals surface area contributed by atoms with Crippen molar-refractivity contribution in [2.45, 2.75) is 18.9 Å². The fourth-order valence-corrected chi connectivity index (χ4v) is 5.68. The second-order valence-corrected chi connectivity index (χ2v) is 8.93. The molecule has 1 N–H and O–H groups in total. The van der Waals surface area contributed by atoms with E-state index in [0.29, 0.717) is 11.4 Å². The molecule has 0 spiro atoms. The Morgan fingerprint density at radius 2 is 1.50 bits per heavy atom. The molecule has 5 nitrogen and oxygen atoms in total. The lowest BCUT2D eigenvalue weighted by Crippen LogP contribution is -2.35. The van der Waals surface area contributed by atoms with Gasteiger partial charge in [0, 0.05) is 11.6 Å². The molecule has 6 rings (SSSR count). The van der Waals surface area contributed by atoms with E-state index in [0.717, 1.165) is 29.7 Å². The molecule has 2 bridgehead atoms. The Kier molecular flexibility index (Phi) is 4.49. The molecule has 0 unspecified atom stereocenters. The number of carbonyl (C=O) groups is 2. The first-order chi connectivity index (χ1) is 15.7. The second kappa shape index (κ2) is 7.52. The first-order valence-corrected chi connectivity index (χ1v) is 11.1. The zero-order valence-electron chi connectivity index (χ0n) is 17.4. The van der Waals surface area contributed by atoms with Gasteiger partial charge in [-0.3, -0.25) is 9.59 Å². The summed E-state index contributed by atoms with van der Waals surface area (Å²) >= 11 is 0. The largest absolute Gasteiger partial charge is 0.462 e. The van der Waals surface area contributed by atoms with Gasteiger partial charge in [-0.1, -0.05) is 42.5 Å². The quantitative estimate of drug-likeness (QED) is 0.565. The molecule has 0 radical (unpaired) electrons. The normalized spacial score (nSPS) is 27.2. The number of benzene rings is 3. The van der Waals surface area contributed by atoms with Gasteiger partial charge in [-0.15, -0.1) is 0 Å². The lowest BCUT2D eigenvalue weighted by molar-refractivity contribution is -0.145. The average Bonchev–Trinajstić information content (AvgIpc) is 3.45. The van der Waals surface area contributed by atoms with Crippen LogP contribution in [0.2, 0.25) is 0 Å². The van der Waals surface area contributed by atoms with Crippen molar-refractivity contribution in [3.63, 3.8) is 0 Å². The van der Waals surface area contributed by atoms with Crippen molar-refractivity contribution in [1.29, 1.82) is 0 Å². The SMILES string of the molecule is O=C(Nc1ccc(Oc2ccc(-c3ccccc3)cc2)cc1)[C@H]1[C@H]2C[C@@H]3[C@@H]1C(=O)O[C@@H]3C2. The number of anilines is 1. The lowest BCUT2D eigenvalue weighted by atomic mass is 9.79. The summed E-state index contributed by atoms with van der Waals surface area (Å²) in [6.45, 7) is 0. The van der Waals surface area contributed by atoms with Crippen molar-refractivity contribution in [3.05, 3.63) is 78.9 Å². The van der Waals surface area contributed by atoms with Gasteiger partial charge < -0.3 is 14.8 Å². The van der Waals surface area contributed by atoms with Crippen LogP contribution < -0.4 is 10.1 Å². The third kappa shape index (κ3) is 3.25. The van der Waals surface area contributed by atoms with E-state index in [1.807, 2.05) is 66.7 Å². The predicted molar refractivity (Wildman–Crippen MR) is 120 cm³/mol. The van der Waals surface area contributed by atoms with Crippen LogP contribution >= 0.6 is 0 Å². The van der Waals surface area contributed by atoms with Gasteiger partial charge in [0.1, 0.15) is 17.6 Å². The molecular weight excluding hydrogens is 402 g/mol. The topological polar surface area (TPSA) is 64.6 Å². The molecule has 2 aliphatic carbocycles. The van der Waals surface area contributed by atoms with Gasteiger partial charge in [0.05, 0.1) is 11.8 Å². The highest BCUT2D eigenvalue weighted by atomic mass is 16.6. The van der Waals surface area contributed by atoms with E-state index in [1.54, 1.807) is 0 Å². The summed E-state index contributed by atoms with van der Waals surface area (Å²) < 4.78 is 11.4. The molecular formula is C27H23NO4. The van der Waals surface area contributed by atoms with Crippen LogP contribution in [0.25, 0.3) is 11.1 Å². The molecule has 160 valence electrons. The monoisotopic (exact) mass is 425 g/mol. The summed E-state index contributed by atoms with van der Waals surface area (Å²) in [6, 6.07) is 25.5. The van der Waals surface area contributed by atoms with Gasteiger partial charge in [0.15, 0.2) is 0 Å². The van der Waals surface area contributed by atoms with Gasteiger partial charge in [0.25, 0.3) is 0 Å². The van der Waals surface area contributed by atoms with Crippen molar-refractivity contribution < 1.29 is 19.1 Å². The number of fused-ring (bicyclic) bond motifs is 1. The standard InChI is InChI=1S/C27H23NO4/c29-26(24-18-14-22-23(15-18)32-27(30)25(22)24)28-19-8-12-21(13-9-19)31-20-10-6-17(7-11-20)16-4-2-1-3-5-16/h1-13,18,22-25H,14-15H2,(H,28,29)/t18-,22-,23+,24-,25-/m0/s1. The number of amides is 1. The maximum absolute atomic E-state index is 12.9. The highest BCUT2D eigenvalue weighted by molar-refractivity contribution is 5.97. The van der Waals surface area contributed by atoms with Crippen molar-refractivity contribution in [2.24, 2.45) is 23.7 Å². The van der Waals surface area contributed by atoms with Gasteiger partial charge in [-0.05, 0) is 66.3 Å². The van der Waals surface area contributed by atoms with Gasteiger partial charge in [0.2, 0.25) is 5.91 Å². The molecule has 5 atom stereocenters. The molecule has 1 amide bonds. The summed E-state index contributed by atoms with van der Waals surface area (Å²) in [5, 5.41) is 2.99. The Bertz CT molecular complexity index is 1150. The van der Waals surface area contributed by atoms with Gasteiger partial charge >= 0.3 is 5.97 Å². The maximum Gasteiger partial charge on any atom is 0.310 e. The van der Waals surface area contributed by atoms with Crippen molar-refractivity contribution in [1.82, 2.24) is 0 Å². The molecule has 3 aromatic rings. The van der Waals surface area contributed by atoms with Crippen LogP contribution in [0.3, 0.4) is 0 Å². The molecule has 3 aromatic carbocycles. The Morgan fingerprint density at radius 1 is 0.844 bits per heavy atom. The Morgan fingerprint density at radius 3 is 2.22 bits per heavy atom. The highest BCUT2D eigenvalue weighted by Gasteiger charge is 2.63. The van der Waals surface area contributed by atoms with Crippen LogP contribution in [0.5, 0.6) is 11.5 Å². The van der Waals surface area contributed by atoms with Crippen LogP contribution in [0, 0.1) is 23.7 Å². The van der Waals surface area contributed by atoms with Crippen molar-refractivity contribution in [3.8, 4) is 22.6 Å². The van der Waals surface area contributed by atoms with Gasteiger partial charge in [-0.25, -0.2) is 0 Å². The van der Waals surface area contributed by atoms with E-state index in [4.69, 9.17) is 9.47 Å². The third-order valence-electron chi connectivity index (χ3n) is 7.10. The highest BCUT2D eigenvalue weighted by Crippen LogP contribution is 2.57. The van der Waals surface area contributed by atoms with Crippen molar-refractivity contribution in [2.75, 3.05) is 5.32 Å². The molecule has 3 fully saturated rings. The maximum atomic E-state index is 12.9. The number of ether oxygens (including phenoxy) is 2. The predicted octanol–water partition coefficient (Wildman–Crippen LogP) is 5.28. The Balaban J connectivity index is 1.10. The molecule has 1 aliphatic heterocycles.